The molecule has 0 spiro atoms. The number of aryl methyl sites for hydroxylation is 1. The maximum Gasteiger partial charge on any atom is -0.00258 e. The van der Waals surface area contributed by atoms with E-state index >= 15 is 0 Å². The van der Waals surface area contributed by atoms with Crippen LogP contribution in [0.4, 0.5) is 0 Å². The Morgan fingerprint density at radius 1 is 0.750 bits per heavy atom. The van der Waals surface area contributed by atoms with Crippen LogP contribution in [0, 0.1) is 6.92 Å². The maximum absolute atomic E-state index is 2.36. The van der Waals surface area contributed by atoms with E-state index in [1.807, 2.05) is 0 Å². The van der Waals surface area contributed by atoms with Gasteiger partial charge in [0, 0.05) is 0 Å². The lowest BCUT2D eigenvalue weighted by Crippen LogP contribution is -2.04. The number of hydrogen-bond donors (Lipinski definition) is 0. The molecule has 104 valence electrons. The first-order valence-electron chi connectivity index (χ1n) is 7.96. The van der Waals surface area contributed by atoms with Crippen molar-refractivity contribution in [1.82, 2.24) is 0 Å². The number of rotatable bonds is 3. The smallest absolute Gasteiger partial charge is 0.00258 e. The first-order valence-corrected chi connectivity index (χ1v) is 7.96. The maximum atomic E-state index is 2.36. The number of benzene rings is 2. The van der Waals surface area contributed by atoms with Crippen LogP contribution in [0.25, 0.3) is 0 Å². The Morgan fingerprint density at radius 3 is 1.90 bits per heavy atom. The quantitative estimate of drug-likeness (QED) is 0.673. The van der Waals surface area contributed by atoms with E-state index in [9.17, 15) is 0 Å². The van der Waals surface area contributed by atoms with Gasteiger partial charge >= 0.3 is 0 Å². The highest BCUT2D eigenvalue weighted by Gasteiger charge is 2.14. The molecule has 3 rings (SSSR count). The Kier molecular flexibility index (Phi) is 4.20. The van der Waals surface area contributed by atoms with Gasteiger partial charge in [0.2, 0.25) is 0 Å². The Labute approximate surface area is 122 Å². The molecule has 1 aliphatic rings. The molecule has 0 aromatic heterocycles. The summed E-state index contributed by atoms with van der Waals surface area (Å²) in [6.45, 7) is 2.14. The zero-order valence-corrected chi connectivity index (χ0v) is 12.4. The summed E-state index contributed by atoms with van der Waals surface area (Å²) in [5.41, 5.74) is 5.72. The summed E-state index contributed by atoms with van der Waals surface area (Å²) in [5.74, 6) is 0.817. The summed E-state index contributed by atoms with van der Waals surface area (Å²) in [5, 5.41) is 0. The van der Waals surface area contributed by atoms with E-state index in [0.29, 0.717) is 0 Å². The second kappa shape index (κ2) is 6.26. The van der Waals surface area contributed by atoms with Crippen LogP contribution in [0.3, 0.4) is 0 Å². The lowest BCUT2D eigenvalue weighted by atomic mass is 9.84. The van der Waals surface area contributed by atoms with Gasteiger partial charge < -0.3 is 0 Å². The van der Waals surface area contributed by atoms with Crippen molar-refractivity contribution in [1.29, 1.82) is 0 Å². The monoisotopic (exact) mass is 264 g/mol. The molecule has 1 saturated carbocycles. The van der Waals surface area contributed by atoms with Gasteiger partial charge in [0.05, 0.1) is 0 Å². The van der Waals surface area contributed by atoms with Crippen LogP contribution in [0.1, 0.15) is 60.3 Å². The average molecular weight is 264 g/mol. The van der Waals surface area contributed by atoms with Crippen LogP contribution < -0.4 is 0 Å². The highest BCUT2D eigenvalue weighted by Crippen LogP contribution is 2.32. The van der Waals surface area contributed by atoms with Gasteiger partial charge in [0.1, 0.15) is 0 Å². The van der Waals surface area contributed by atoms with E-state index < -0.39 is 0 Å². The molecular formula is C20H24. The molecule has 0 heterocycles. The van der Waals surface area contributed by atoms with Crippen molar-refractivity contribution in [3.8, 4) is 0 Å². The first kappa shape index (κ1) is 13.4. The van der Waals surface area contributed by atoms with Crippen LogP contribution in [-0.2, 0) is 6.42 Å². The zero-order chi connectivity index (χ0) is 13.8. The van der Waals surface area contributed by atoms with Crippen molar-refractivity contribution < 1.29 is 0 Å². The molecule has 0 atom stereocenters. The molecule has 0 nitrogen and oxygen atoms in total. The molecule has 0 amide bonds. The van der Waals surface area contributed by atoms with Crippen molar-refractivity contribution in [2.24, 2.45) is 0 Å². The van der Waals surface area contributed by atoms with Gasteiger partial charge in [0.25, 0.3) is 0 Å². The van der Waals surface area contributed by atoms with Crippen molar-refractivity contribution in [2.75, 3.05) is 0 Å². The lowest BCUT2D eigenvalue weighted by molar-refractivity contribution is 0.443. The lowest BCUT2D eigenvalue weighted by Gasteiger charge is -2.22. The summed E-state index contributed by atoms with van der Waals surface area (Å²) < 4.78 is 0. The van der Waals surface area contributed by atoms with Gasteiger partial charge in [-0.1, -0.05) is 73.4 Å². The normalized spacial score (nSPS) is 16.2. The highest BCUT2D eigenvalue weighted by molar-refractivity contribution is 5.31. The minimum atomic E-state index is 0.817. The fourth-order valence-corrected chi connectivity index (χ4v) is 3.29. The van der Waals surface area contributed by atoms with E-state index in [1.54, 1.807) is 5.56 Å². The van der Waals surface area contributed by atoms with Crippen LogP contribution in [0.5, 0.6) is 0 Å². The second-order valence-electron chi connectivity index (χ2n) is 6.24. The predicted molar refractivity (Wildman–Crippen MR) is 86.3 cm³/mol. The first-order chi connectivity index (χ1) is 9.81. The van der Waals surface area contributed by atoms with Crippen molar-refractivity contribution in [3.63, 3.8) is 0 Å². The van der Waals surface area contributed by atoms with Gasteiger partial charge in [-0.15, -0.1) is 0 Å². The van der Waals surface area contributed by atoms with E-state index in [2.05, 4.69) is 55.5 Å². The molecule has 2 aromatic carbocycles. The molecule has 2 aromatic rings. The van der Waals surface area contributed by atoms with E-state index in [0.717, 1.165) is 12.3 Å². The molecule has 0 saturated heterocycles. The molecule has 20 heavy (non-hydrogen) atoms. The molecule has 0 heteroatoms. The van der Waals surface area contributed by atoms with Gasteiger partial charge in [0.15, 0.2) is 0 Å². The predicted octanol–water partition coefficient (Wildman–Crippen LogP) is 5.63. The minimum Gasteiger partial charge on any atom is -0.0590 e. The third-order valence-electron chi connectivity index (χ3n) is 4.59. The largest absolute Gasteiger partial charge is 0.0590 e. The van der Waals surface area contributed by atoms with Crippen LogP contribution in [-0.4, -0.2) is 0 Å². The highest BCUT2D eigenvalue weighted by atomic mass is 14.2. The third kappa shape index (κ3) is 3.30. The third-order valence-corrected chi connectivity index (χ3v) is 4.59. The van der Waals surface area contributed by atoms with Gasteiger partial charge in [-0.05, 0) is 48.8 Å². The van der Waals surface area contributed by atoms with Gasteiger partial charge in [-0.2, -0.15) is 0 Å². The van der Waals surface area contributed by atoms with Gasteiger partial charge in [-0.25, -0.2) is 0 Å². The fourth-order valence-electron chi connectivity index (χ4n) is 3.29. The summed E-state index contributed by atoms with van der Waals surface area (Å²) in [4.78, 5) is 0. The Balaban J connectivity index is 1.67. The van der Waals surface area contributed by atoms with E-state index in [4.69, 9.17) is 0 Å². The Morgan fingerprint density at radius 2 is 1.30 bits per heavy atom. The molecule has 0 bridgehead atoms. The summed E-state index contributed by atoms with van der Waals surface area (Å²) in [6, 6.07) is 18.2. The topological polar surface area (TPSA) is 0 Å². The molecule has 1 aliphatic carbocycles. The van der Waals surface area contributed by atoms with Gasteiger partial charge in [-0.3, -0.25) is 0 Å². The summed E-state index contributed by atoms with van der Waals surface area (Å²) >= 11 is 0. The zero-order valence-electron chi connectivity index (χ0n) is 12.4. The SMILES string of the molecule is Cc1ccc(Cc2ccc(C3CCCCC3)cc2)cc1. The van der Waals surface area contributed by atoms with E-state index in [1.165, 1.54) is 48.8 Å². The Hall–Kier alpha value is -1.56. The van der Waals surface area contributed by atoms with Crippen molar-refractivity contribution in [2.45, 2.75) is 51.4 Å². The molecule has 0 unspecified atom stereocenters. The summed E-state index contributed by atoms with van der Waals surface area (Å²) in [7, 11) is 0. The number of hydrogen-bond acceptors (Lipinski definition) is 0. The second-order valence-corrected chi connectivity index (χ2v) is 6.24. The van der Waals surface area contributed by atoms with Crippen LogP contribution >= 0.6 is 0 Å². The van der Waals surface area contributed by atoms with E-state index in [-0.39, 0.29) is 0 Å². The average Bonchev–Trinajstić information content (AvgIpc) is 2.51. The summed E-state index contributed by atoms with van der Waals surface area (Å²) in [6.07, 6.45) is 8.08. The Bertz CT molecular complexity index is 527. The van der Waals surface area contributed by atoms with Crippen molar-refractivity contribution in [3.05, 3.63) is 70.8 Å². The fraction of sp³-hybridized carbons (Fsp3) is 0.400. The molecule has 0 aliphatic heterocycles. The van der Waals surface area contributed by atoms with Crippen LogP contribution in [0.15, 0.2) is 48.5 Å². The standard InChI is InChI=1S/C20H24/c1-16-7-9-17(10-8-16)15-18-11-13-20(14-12-18)19-5-3-2-4-6-19/h7-14,19H,2-6,15H2,1H3. The molecular weight excluding hydrogens is 240 g/mol. The minimum absolute atomic E-state index is 0.817. The van der Waals surface area contributed by atoms with Crippen molar-refractivity contribution >= 4 is 0 Å². The van der Waals surface area contributed by atoms with Crippen LogP contribution in [0.2, 0.25) is 0 Å². The molecule has 0 radical (unpaired) electrons. The molecule has 1 fully saturated rings. The molecule has 0 N–H and O–H groups in total.